The summed E-state index contributed by atoms with van der Waals surface area (Å²) in [5.41, 5.74) is -0.610. The topological polar surface area (TPSA) is 75.6 Å². The number of carboxylic acids is 1. The average molecular weight is 314 g/mol. The van der Waals surface area contributed by atoms with Gasteiger partial charge in [0.15, 0.2) is 6.10 Å². The van der Waals surface area contributed by atoms with Gasteiger partial charge in [-0.25, -0.2) is 0 Å². The first-order valence-electron chi connectivity index (χ1n) is 6.66. The summed E-state index contributed by atoms with van der Waals surface area (Å²) in [6.45, 7) is 5.18. The van der Waals surface area contributed by atoms with E-state index in [1.165, 1.54) is 0 Å². The van der Waals surface area contributed by atoms with Crippen LogP contribution in [0.4, 0.5) is 0 Å². The molecule has 0 saturated carbocycles. The van der Waals surface area contributed by atoms with Gasteiger partial charge >= 0.3 is 5.97 Å². The first-order chi connectivity index (χ1) is 9.69. The lowest BCUT2D eigenvalue weighted by Gasteiger charge is -2.27. The van der Waals surface area contributed by atoms with E-state index in [2.05, 4.69) is 5.32 Å². The van der Waals surface area contributed by atoms with E-state index in [-0.39, 0.29) is 12.3 Å². The number of ether oxygens (including phenoxy) is 1. The van der Waals surface area contributed by atoms with Crippen LogP contribution < -0.4 is 10.1 Å². The van der Waals surface area contributed by atoms with E-state index in [0.29, 0.717) is 17.2 Å². The molecule has 0 aliphatic heterocycles. The van der Waals surface area contributed by atoms with Crippen LogP contribution in [0.25, 0.3) is 0 Å². The van der Waals surface area contributed by atoms with Crippen LogP contribution in [0.1, 0.15) is 33.6 Å². The molecule has 116 valence electrons. The average Bonchev–Trinajstić information content (AvgIpc) is 2.36. The van der Waals surface area contributed by atoms with Gasteiger partial charge in [0.25, 0.3) is 5.91 Å². The highest BCUT2D eigenvalue weighted by atomic mass is 35.5. The molecule has 1 amide bonds. The Morgan fingerprint density at radius 1 is 1.43 bits per heavy atom. The first kappa shape index (κ1) is 17.3. The van der Waals surface area contributed by atoms with Gasteiger partial charge in [0, 0.05) is 17.0 Å². The maximum atomic E-state index is 12.1. The Hall–Kier alpha value is -1.75. The van der Waals surface area contributed by atoms with Crippen LogP contribution >= 0.6 is 11.6 Å². The van der Waals surface area contributed by atoms with Crippen molar-refractivity contribution in [3.05, 3.63) is 29.3 Å². The molecule has 0 aliphatic carbocycles. The van der Waals surface area contributed by atoms with Crippen LogP contribution in [0.2, 0.25) is 5.02 Å². The van der Waals surface area contributed by atoms with E-state index in [0.717, 1.165) is 0 Å². The van der Waals surface area contributed by atoms with Gasteiger partial charge in [0.2, 0.25) is 0 Å². The molecule has 5 nitrogen and oxygen atoms in total. The highest BCUT2D eigenvalue weighted by Crippen LogP contribution is 2.19. The number of aliphatic carboxylic acids is 1. The highest BCUT2D eigenvalue weighted by molar-refractivity contribution is 6.30. The van der Waals surface area contributed by atoms with Crippen LogP contribution in [0.3, 0.4) is 0 Å². The molecule has 21 heavy (non-hydrogen) atoms. The van der Waals surface area contributed by atoms with Crippen molar-refractivity contribution in [1.29, 1.82) is 0 Å². The van der Waals surface area contributed by atoms with Crippen LogP contribution in [0.5, 0.6) is 5.75 Å². The molecule has 1 atom stereocenters. The van der Waals surface area contributed by atoms with Crippen molar-refractivity contribution in [1.82, 2.24) is 5.32 Å². The maximum absolute atomic E-state index is 12.1. The molecule has 1 aromatic rings. The summed E-state index contributed by atoms with van der Waals surface area (Å²) in [5, 5.41) is 12.0. The number of benzene rings is 1. The highest BCUT2D eigenvalue weighted by Gasteiger charge is 2.25. The smallest absolute Gasteiger partial charge is 0.303 e. The monoisotopic (exact) mass is 313 g/mol. The molecule has 0 bridgehead atoms. The largest absolute Gasteiger partial charge is 0.481 e. The fourth-order valence-electron chi connectivity index (χ4n) is 1.72. The van der Waals surface area contributed by atoms with Gasteiger partial charge in [0.1, 0.15) is 5.75 Å². The molecular weight excluding hydrogens is 294 g/mol. The van der Waals surface area contributed by atoms with Crippen molar-refractivity contribution in [2.24, 2.45) is 0 Å². The molecule has 0 spiro atoms. The van der Waals surface area contributed by atoms with Crippen molar-refractivity contribution < 1.29 is 19.4 Å². The minimum Gasteiger partial charge on any atom is -0.481 e. The second kappa shape index (κ2) is 7.31. The van der Waals surface area contributed by atoms with E-state index in [1.807, 2.05) is 0 Å². The zero-order valence-corrected chi connectivity index (χ0v) is 13.1. The Labute approximate surface area is 129 Å². The number of rotatable bonds is 7. The number of hydrogen-bond acceptors (Lipinski definition) is 3. The van der Waals surface area contributed by atoms with E-state index < -0.39 is 17.6 Å². The molecule has 0 aliphatic rings. The van der Waals surface area contributed by atoms with Gasteiger partial charge in [-0.3, -0.25) is 9.59 Å². The third kappa shape index (κ3) is 6.49. The van der Waals surface area contributed by atoms with Gasteiger partial charge in [0.05, 0.1) is 0 Å². The molecule has 2 N–H and O–H groups in total. The van der Waals surface area contributed by atoms with Gasteiger partial charge in [-0.05, 0) is 45.4 Å². The van der Waals surface area contributed by atoms with Gasteiger partial charge in [-0.2, -0.15) is 0 Å². The van der Waals surface area contributed by atoms with Crippen LogP contribution in [0.15, 0.2) is 24.3 Å². The Balaban J connectivity index is 2.56. The molecule has 6 heteroatoms. The molecule has 0 fully saturated rings. The Morgan fingerprint density at radius 2 is 2.10 bits per heavy atom. The summed E-state index contributed by atoms with van der Waals surface area (Å²) in [6.07, 6.45) is -0.359. The van der Waals surface area contributed by atoms with Crippen molar-refractivity contribution >= 4 is 23.5 Å². The zero-order valence-electron chi connectivity index (χ0n) is 12.4. The van der Waals surface area contributed by atoms with Crippen molar-refractivity contribution in [3.8, 4) is 5.75 Å². The number of carbonyl (C=O) groups is 2. The summed E-state index contributed by atoms with van der Waals surface area (Å²) >= 11 is 5.85. The summed E-state index contributed by atoms with van der Waals surface area (Å²) in [4.78, 5) is 22.7. The summed E-state index contributed by atoms with van der Waals surface area (Å²) < 4.78 is 5.52. The Bertz CT molecular complexity index is 516. The fourth-order valence-corrected chi connectivity index (χ4v) is 1.90. The zero-order chi connectivity index (χ0) is 16.0. The minimum atomic E-state index is -0.888. The fraction of sp³-hybridized carbons (Fsp3) is 0.467. The van der Waals surface area contributed by atoms with E-state index in [4.69, 9.17) is 21.4 Å². The molecule has 1 unspecified atom stereocenters. The van der Waals surface area contributed by atoms with Crippen molar-refractivity contribution in [2.45, 2.75) is 45.3 Å². The first-order valence-corrected chi connectivity index (χ1v) is 7.03. The number of halogens is 1. The standard InChI is InChI=1S/C15H20ClNO4/c1-10(21-12-6-4-5-11(16)9-12)14(20)17-15(2,3)8-7-13(18)19/h4-6,9-10H,7-8H2,1-3H3,(H,17,20)(H,18,19). The van der Waals surface area contributed by atoms with Gasteiger partial charge < -0.3 is 15.2 Å². The third-order valence-electron chi connectivity index (χ3n) is 2.90. The Morgan fingerprint density at radius 3 is 2.67 bits per heavy atom. The number of carbonyl (C=O) groups excluding carboxylic acids is 1. The molecule has 1 aromatic carbocycles. The SMILES string of the molecule is CC(Oc1cccc(Cl)c1)C(=O)NC(C)(C)CCC(=O)O. The molecule has 0 radical (unpaired) electrons. The lowest BCUT2D eigenvalue weighted by Crippen LogP contribution is -2.48. The summed E-state index contributed by atoms with van der Waals surface area (Å²) in [6, 6.07) is 6.79. The lowest BCUT2D eigenvalue weighted by atomic mass is 9.98. The normalized spacial score (nSPS) is 12.6. The third-order valence-corrected chi connectivity index (χ3v) is 3.14. The number of amides is 1. The number of nitrogens with one attached hydrogen (secondary N) is 1. The molecule has 1 rings (SSSR count). The predicted molar refractivity (Wildman–Crippen MR) is 80.6 cm³/mol. The minimum absolute atomic E-state index is 0.00316. The molecule has 0 aromatic heterocycles. The maximum Gasteiger partial charge on any atom is 0.303 e. The Kier molecular flexibility index (Phi) is 6.03. The van der Waals surface area contributed by atoms with Crippen LogP contribution in [-0.4, -0.2) is 28.6 Å². The van der Waals surface area contributed by atoms with Gasteiger partial charge in [-0.15, -0.1) is 0 Å². The number of carboxylic acid groups (broad SMARTS) is 1. The molecule has 0 saturated heterocycles. The van der Waals surface area contributed by atoms with Crippen LogP contribution in [0, 0.1) is 0 Å². The molecular formula is C15H20ClNO4. The summed E-state index contributed by atoms with van der Waals surface area (Å²) in [5.74, 6) is -0.681. The van der Waals surface area contributed by atoms with E-state index in [1.54, 1.807) is 45.0 Å². The summed E-state index contributed by atoms with van der Waals surface area (Å²) in [7, 11) is 0. The quantitative estimate of drug-likeness (QED) is 0.811. The second-order valence-electron chi connectivity index (χ2n) is 5.48. The molecule has 0 heterocycles. The number of hydrogen-bond donors (Lipinski definition) is 2. The van der Waals surface area contributed by atoms with E-state index in [9.17, 15) is 9.59 Å². The van der Waals surface area contributed by atoms with Crippen molar-refractivity contribution in [2.75, 3.05) is 0 Å². The lowest BCUT2D eigenvalue weighted by molar-refractivity contribution is -0.138. The predicted octanol–water partition coefficient (Wildman–Crippen LogP) is 2.87. The second-order valence-corrected chi connectivity index (χ2v) is 5.92. The van der Waals surface area contributed by atoms with Crippen molar-refractivity contribution in [3.63, 3.8) is 0 Å². The van der Waals surface area contributed by atoms with E-state index >= 15 is 0 Å². The van der Waals surface area contributed by atoms with Gasteiger partial charge in [-0.1, -0.05) is 17.7 Å². The van der Waals surface area contributed by atoms with Crippen LogP contribution in [-0.2, 0) is 9.59 Å².